The molecule has 1 aromatic carbocycles. The van der Waals surface area contributed by atoms with Crippen molar-refractivity contribution in [1.29, 1.82) is 0 Å². The maximum absolute atomic E-state index is 11.7. The largest absolute Gasteiger partial charge is 0.467 e. The Morgan fingerprint density at radius 1 is 1.16 bits per heavy atom. The Balaban J connectivity index is 2.02. The molecule has 0 aliphatic rings. The van der Waals surface area contributed by atoms with Crippen LogP contribution in [-0.4, -0.2) is 15.0 Å². The van der Waals surface area contributed by atoms with Crippen LogP contribution in [0.1, 0.15) is 12.7 Å². The van der Waals surface area contributed by atoms with Crippen LogP contribution in [-0.2, 0) is 16.6 Å². The minimum atomic E-state index is -3.38. The van der Waals surface area contributed by atoms with Crippen molar-refractivity contribution < 1.29 is 12.8 Å². The van der Waals surface area contributed by atoms with Gasteiger partial charge in [0.1, 0.15) is 5.76 Å². The van der Waals surface area contributed by atoms with Crippen molar-refractivity contribution in [3.63, 3.8) is 0 Å². The van der Waals surface area contributed by atoms with Gasteiger partial charge in [-0.2, -0.15) is 0 Å². The lowest BCUT2D eigenvalue weighted by Crippen LogP contribution is -2.23. The maximum Gasteiger partial charge on any atom is 0.240 e. The molecule has 0 radical (unpaired) electrons. The smallest absolute Gasteiger partial charge is 0.240 e. The topological polar surface area (TPSA) is 71.3 Å². The van der Waals surface area contributed by atoms with Crippen molar-refractivity contribution in [3.8, 4) is 0 Å². The van der Waals surface area contributed by atoms with E-state index in [2.05, 4.69) is 10.0 Å². The summed E-state index contributed by atoms with van der Waals surface area (Å²) in [5.41, 5.74) is 0.840. The van der Waals surface area contributed by atoms with Crippen LogP contribution in [0.2, 0.25) is 0 Å². The van der Waals surface area contributed by atoms with Crippen LogP contribution in [0.3, 0.4) is 0 Å². The molecule has 1 heterocycles. The Labute approximate surface area is 112 Å². The summed E-state index contributed by atoms with van der Waals surface area (Å²) in [6, 6.07) is 10.3. The van der Waals surface area contributed by atoms with E-state index >= 15 is 0 Å². The van der Waals surface area contributed by atoms with Crippen LogP contribution in [0.15, 0.2) is 52.0 Å². The molecule has 6 heteroatoms. The molecule has 2 rings (SSSR count). The predicted molar refractivity (Wildman–Crippen MR) is 73.3 cm³/mol. The minimum Gasteiger partial charge on any atom is -0.467 e. The molecule has 19 heavy (non-hydrogen) atoms. The van der Waals surface area contributed by atoms with Gasteiger partial charge in [-0.1, -0.05) is 6.92 Å². The molecule has 0 aliphatic carbocycles. The van der Waals surface area contributed by atoms with Crippen molar-refractivity contribution in [2.45, 2.75) is 18.4 Å². The Hall–Kier alpha value is -1.79. The van der Waals surface area contributed by atoms with Crippen molar-refractivity contribution in [1.82, 2.24) is 4.72 Å². The fraction of sp³-hybridized carbons (Fsp3) is 0.231. The van der Waals surface area contributed by atoms with Gasteiger partial charge in [-0.15, -0.1) is 0 Å². The number of hydrogen-bond acceptors (Lipinski definition) is 4. The summed E-state index contributed by atoms with van der Waals surface area (Å²) >= 11 is 0. The molecular weight excluding hydrogens is 264 g/mol. The highest BCUT2D eigenvalue weighted by Gasteiger charge is 2.11. The van der Waals surface area contributed by atoms with Gasteiger partial charge in [-0.3, -0.25) is 0 Å². The first-order chi connectivity index (χ1) is 9.12. The average molecular weight is 280 g/mol. The summed E-state index contributed by atoms with van der Waals surface area (Å²) < 4.78 is 31.1. The number of benzene rings is 1. The second-order valence-electron chi connectivity index (χ2n) is 3.96. The molecule has 2 N–H and O–H groups in total. The van der Waals surface area contributed by atoms with Gasteiger partial charge in [-0.05, 0) is 36.4 Å². The number of nitrogens with one attached hydrogen (secondary N) is 2. The van der Waals surface area contributed by atoms with E-state index in [9.17, 15) is 8.42 Å². The van der Waals surface area contributed by atoms with E-state index in [1.165, 1.54) is 0 Å². The zero-order valence-electron chi connectivity index (χ0n) is 10.6. The average Bonchev–Trinajstić information content (AvgIpc) is 2.90. The lowest BCUT2D eigenvalue weighted by molar-refractivity contribution is 0.518. The van der Waals surface area contributed by atoms with Crippen LogP contribution < -0.4 is 10.0 Å². The maximum atomic E-state index is 11.7. The molecule has 0 bridgehead atoms. The monoisotopic (exact) mass is 280 g/mol. The highest BCUT2D eigenvalue weighted by Crippen LogP contribution is 2.14. The molecule has 0 aliphatic heterocycles. The summed E-state index contributed by atoms with van der Waals surface area (Å²) in [7, 11) is -3.38. The highest BCUT2D eigenvalue weighted by atomic mass is 32.2. The van der Waals surface area contributed by atoms with Crippen molar-refractivity contribution in [3.05, 3.63) is 48.4 Å². The molecule has 5 nitrogen and oxygen atoms in total. The molecular formula is C13H16N2O3S. The fourth-order valence-corrected chi connectivity index (χ4v) is 2.67. The molecule has 0 amide bonds. The number of furan rings is 1. The van der Waals surface area contributed by atoms with Gasteiger partial charge < -0.3 is 9.73 Å². The Bertz CT molecular complexity index is 604. The first-order valence-electron chi connectivity index (χ1n) is 5.98. The molecule has 0 saturated carbocycles. The number of sulfonamides is 1. The van der Waals surface area contributed by atoms with E-state index in [0.29, 0.717) is 13.1 Å². The van der Waals surface area contributed by atoms with Crippen molar-refractivity contribution in [2.24, 2.45) is 0 Å². The minimum absolute atomic E-state index is 0.262. The zero-order chi connectivity index (χ0) is 13.7. The van der Waals surface area contributed by atoms with Gasteiger partial charge >= 0.3 is 0 Å². The summed E-state index contributed by atoms with van der Waals surface area (Å²) in [4.78, 5) is 0.262. The van der Waals surface area contributed by atoms with Gasteiger partial charge in [0, 0.05) is 12.2 Å². The SMILES string of the molecule is CCNS(=O)(=O)c1ccc(NCc2ccco2)cc1. The molecule has 0 atom stereocenters. The van der Waals surface area contributed by atoms with Crippen LogP contribution in [0, 0.1) is 0 Å². The first kappa shape index (κ1) is 13.6. The second-order valence-corrected chi connectivity index (χ2v) is 5.73. The molecule has 0 saturated heterocycles. The summed E-state index contributed by atoms with van der Waals surface area (Å²) in [5, 5.41) is 3.15. The van der Waals surface area contributed by atoms with Gasteiger partial charge in [0.15, 0.2) is 0 Å². The standard InChI is InChI=1S/C13H16N2O3S/c1-2-15-19(16,17)13-7-5-11(6-8-13)14-10-12-4-3-9-18-12/h3-9,14-15H,2,10H2,1H3. The van der Waals surface area contributed by atoms with E-state index in [-0.39, 0.29) is 4.90 Å². The Morgan fingerprint density at radius 3 is 2.47 bits per heavy atom. The molecule has 1 aromatic heterocycles. The normalized spacial score (nSPS) is 11.4. The predicted octanol–water partition coefficient (Wildman–Crippen LogP) is 2.19. The summed E-state index contributed by atoms with van der Waals surface area (Å²) in [5.74, 6) is 0.823. The molecule has 0 fully saturated rings. The fourth-order valence-electron chi connectivity index (χ4n) is 1.63. The van der Waals surface area contributed by atoms with Crippen molar-refractivity contribution >= 4 is 15.7 Å². The number of anilines is 1. The number of hydrogen-bond donors (Lipinski definition) is 2. The third kappa shape index (κ3) is 3.59. The lowest BCUT2D eigenvalue weighted by Gasteiger charge is -2.07. The molecule has 0 spiro atoms. The third-order valence-corrected chi connectivity index (χ3v) is 4.11. The van der Waals surface area contributed by atoms with Crippen LogP contribution in [0.25, 0.3) is 0 Å². The molecule has 2 aromatic rings. The first-order valence-corrected chi connectivity index (χ1v) is 7.46. The van der Waals surface area contributed by atoms with E-state index in [1.54, 1.807) is 37.5 Å². The summed E-state index contributed by atoms with van der Waals surface area (Å²) in [6.07, 6.45) is 1.61. The lowest BCUT2D eigenvalue weighted by atomic mass is 10.3. The highest BCUT2D eigenvalue weighted by molar-refractivity contribution is 7.89. The van der Waals surface area contributed by atoms with Gasteiger partial charge in [-0.25, -0.2) is 13.1 Å². The second kappa shape index (κ2) is 5.90. The van der Waals surface area contributed by atoms with Gasteiger partial charge in [0.05, 0.1) is 17.7 Å². The van der Waals surface area contributed by atoms with Gasteiger partial charge in [0.25, 0.3) is 0 Å². The van der Waals surface area contributed by atoms with E-state index in [1.807, 2.05) is 12.1 Å². The Morgan fingerprint density at radius 2 is 1.89 bits per heavy atom. The zero-order valence-corrected chi connectivity index (χ0v) is 11.4. The summed E-state index contributed by atoms with van der Waals surface area (Å²) in [6.45, 7) is 2.68. The van der Waals surface area contributed by atoms with Crippen LogP contribution >= 0.6 is 0 Å². The quantitative estimate of drug-likeness (QED) is 0.851. The van der Waals surface area contributed by atoms with E-state index in [4.69, 9.17) is 4.42 Å². The number of rotatable bonds is 6. The van der Waals surface area contributed by atoms with Gasteiger partial charge in [0.2, 0.25) is 10.0 Å². The van der Waals surface area contributed by atoms with Crippen molar-refractivity contribution in [2.75, 3.05) is 11.9 Å². The van der Waals surface area contributed by atoms with Crippen LogP contribution in [0.4, 0.5) is 5.69 Å². The molecule has 102 valence electrons. The Kier molecular flexibility index (Phi) is 4.24. The van der Waals surface area contributed by atoms with Crippen LogP contribution in [0.5, 0.6) is 0 Å². The van der Waals surface area contributed by atoms with E-state index in [0.717, 1.165) is 11.4 Å². The third-order valence-electron chi connectivity index (χ3n) is 2.55. The van der Waals surface area contributed by atoms with E-state index < -0.39 is 10.0 Å². The molecule has 0 unspecified atom stereocenters.